The number of nitrogens with zero attached hydrogens (tertiary/aromatic N) is 4. The maximum Gasteiger partial charge on any atom is 0.268 e. The number of morpholine rings is 1. The average Bonchev–Trinajstić information content (AvgIpc) is 3.38. The van der Waals surface area contributed by atoms with Crippen LogP contribution in [-0.2, 0) is 14.8 Å². The van der Waals surface area contributed by atoms with Gasteiger partial charge in [0.1, 0.15) is 10.7 Å². The van der Waals surface area contributed by atoms with Crippen molar-refractivity contribution in [2.45, 2.75) is 4.90 Å². The van der Waals surface area contributed by atoms with Crippen LogP contribution in [0.2, 0.25) is 0 Å². The predicted molar refractivity (Wildman–Crippen MR) is 156 cm³/mol. The van der Waals surface area contributed by atoms with Crippen molar-refractivity contribution in [3.8, 4) is 0 Å². The summed E-state index contributed by atoms with van der Waals surface area (Å²) in [6.07, 6.45) is 1.61. The lowest BCUT2D eigenvalue weighted by molar-refractivity contribution is 0.0988. The number of carbonyl (C=O) groups excluding carboxylic acids is 1. The number of ether oxygens (including phenoxy) is 1. The summed E-state index contributed by atoms with van der Waals surface area (Å²) in [6, 6.07) is 17.5. The topological polar surface area (TPSA) is 83.1 Å². The van der Waals surface area contributed by atoms with E-state index in [2.05, 4.69) is 4.98 Å². The minimum atomic E-state index is -3.72. The predicted octanol–water partition coefficient (Wildman–Crippen LogP) is 4.49. The molecule has 0 bridgehead atoms. The Labute approximate surface area is 242 Å². The molecule has 0 N–H and O–H groups in total. The van der Waals surface area contributed by atoms with E-state index in [1.165, 1.54) is 17.4 Å². The number of hydrogen-bond acceptors (Lipinski definition) is 7. The van der Waals surface area contributed by atoms with Gasteiger partial charge in [-0.15, -0.1) is 11.3 Å². The number of piperidine rings is 1. The number of carbonyl (C=O) groups is 1. The number of anilines is 2. The maximum atomic E-state index is 15.3. The average molecular weight is 593 g/mol. The van der Waals surface area contributed by atoms with E-state index in [9.17, 15) is 13.2 Å². The molecule has 11 heteroatoms. The molecule has 2 aliphatic heterocycles. The molecule has 3 fully saturated rings. The number of halogens is 1. The number of aromatic nitrogens is 1. The van der Waals surface area contributed by atoms with Crippen LogP contribution in [0.1, 0.15) is 9.67 Å². The van der Waals surface area contributed by atoms with Crippen LogP contribution in [0.5, 0.6) is 0 Å². The van der Waals surface area contributed by atoms with Gasteiger partial charge in [-0.1, -0.05) is 24.3 Å². The molecule has 1 aliphatic carbocycles. The third-order valence-corrected chi connectivity index (χ3v) is 11.2. The smallest absolute Gasteiger partial charge is 0.268 e. The highest BCUT2D eigenvalue weighted by molar-refractivity contribution is 7.89. The lowest BCUT2D eigenvalue weighted by atomic mass is 10.2. The van der Waals surface area contributed by atoms with E-state index >= 15 is 4.39 Å². The minimum absolute atomic E-state index is 0.137. The second-order valence-corrected chi connectivity index (χ2v) is 13.6. The van der Waals surface area contributed by atoms with Crippen molar-refractivity contribution in [2.75, 3.05) is 55.7 Å². The van der Waals surface area contributed by atoms with Crippen LogP contribution in [0, 0.1) is 23.6 Å². The summed E-state index contributed by atoms with van der Waals surface area (Å²) >= 11 is 1.35. The fourth-order valence-electron chi connectivity index (χ4n) is 6.28. The van der Waals surface area contributed by atoms with Gasteiger partial charge in [0.25, 0.3) is 5.91 Å². The zero-order valence-electron chi connectivity index (χ0n) is 22.2. The van der Waals surface area contributed by atoms with Crippen LogP contribution in [0.15, 0.2) is 77.1 Å². The first-order chi connectivity index (χ1) is 19.9. The third kappa shape index (κ3) is 4.80. The molecule has 0 radical (unpaired) electrons. The molecule has 2 saturated heterocycles. The summed E-state index contributed by atoms with van der Waals surface area (Å²) in [5.41, 5.74) is 1.49. The Morgan fingerprint density at radius 2 is 1.83 bits per heavy atom. The van der Waals surface area contributed by atoms with Crippen molar-refractivity contribution in [1.82, 2.24) is 9.29 Å². The molecule has 2 aromatic heterocycles. The number of sulfonamides is 1. The number of benzene rings is 2. The van der Waals surface area contributed by atoms with E-state index in [0.29, 0.717) is 67.7 Å². The largest absolute Gasteiger partial charge is 0.378 e. The van der Waals surface area contributed by atoms with Gasteiger partial charge >= 0.3 is 0 Å². The summed E-state index contributed by atoms with van der Waals surface area (Å²) in [4.78, 5) is 22.4. The first-order valence-corrected chi connectivity index (χ1v) is 16.1. The monoisotopic (exact) mass is 592 g/mol. The SMILES string of the molecule is O=C(c1cccs1)N(CC1C2CN(S(=O)(=O)c3cccc4cccnc34)CC12)c1ccc(N2CCOCC2)c(F)c1. The summed E-state index contributed by atoms with van der Waals surface area (Å²) in [7, 11) is -3.72. The summed E-state index contributed by atoms with van der Waals surface area (Å²) in [5, 5.41) is 2.63. The molecule has 2 unspecified atom stereocenters. The van der Waals surface area contributed by atoms with Crippen molar-refractivity contribution >= 4 is 49.5 Å². The molecule has 212 valence electrons. The van der Waals surface area contributed by atoms with Gasteiger partial charge in [-0.2, -0.15) is 4.31 Å². The van der Waals surface area contributed by atoms with Crippen molar-refractivity contribution < 1.29 is 22.3 Å². The fraction of sp³-hybridized carbons (Fsp3) is 0.333. The fourth-order valence-corrected chi connectivity index (χ4v) is 8.63. The molecule has 8 nitrogen and oxygen atoms in total. The van der Waals surface area contributed by atoms with Crippen molar-refractivity contribution in [3.05, 3.63) is 82.9 Å². The number of hydrogen-bond donors (Lipinski definition) is 0. The molecule has 7 rings (SSSR count). The van der Waals surface area contributed by atoms with Crippen LogP contribution in [0.3, 0.4) is 0 Å². The van der Waals surface area contributed by atoms with Crippen LogP contribution < -0.4 is 9.80 Å². The van der Waals surface area contributed by atoms with Gasteiger partial charge in [0, 0.05) is 50.0 Å². The third-order valence-electron chi connectivity index (χ3n) is 8.52. The van der Waals surface area contributed by atoms with Crippen LogP contribution in [-0.4, -0.2) is 69.6 Å². The summed E-state index contributed by atoms with van der Waals surface area (Å²) < 4.78 is 49.5. The highest BCUT2D eigenvalue weighted by Gasteiger charge is 2.58. The normalized spacial score (nSPS) is 22.6. The molecule has 2 atom stereocenters. The highest BCUT2D eigenvalue weighted by atomic mass is 32.2. The quantitative estimate of drug-likeness (QED) is 0.315. The second kappa shape index (κ2) is 10.5. The Balaban J connectivity index is 1.10. The van der Waals surface area contributed by atoms with Crippen molar-refractivity contribution in [2.24, 2.45) is 17.8 Å². The molecular weight excluding hydrogens is 563 g/mol. The Morgan fingerprint density at radius 1 is 1.05 bits per heavy atom. The molecule has 1 saturated carbocycles. The molecular formula is C30H29FN4O4S2. The van der Waals surface area contributed by atoms with Crippen LogP contribution >= 0.6 is 11.3 Å². The number of para-hydroxylation sites is 1. The van der Waals surface area contributed by atoms with Gasteiger partial charge < -0.3 is 14.5 Å². The Kier molecular flexibility index (Phi) is 6.77. The zero-order chi connectivity index (χ0) is 28.1. The molecule has 4 heterocycles. The van der Waals surface area contributed by atoms with Gasteiger partial charge in [-0.25, -0.2) is 12.8 Å². The van der Waals surface area contributed by atoms with Crippen LogP contribution in [0.25, 0.3) is 10.9 Å². The van der Waals surface area contributed by atoms with Gasteiger partial charge in [-0.3, -0.25) is 9.78 Å². The molecule has 4 aromatic rings. The molecule has 41 heavy (non-hydrogen) atoms. The lowest BCUT2D eigenvalue weighted by Gasteiger charge is -2.30. The van der Waals surface area contributed by atoms with Gasteiger partial charge in [-0.05, 0) is 59.5 Å². The van der Waals surface area contributed by atoms with Crippen LogP contribution in [0.4, 0.5) is 15.8 Å². The Bertz CT molecular complexity index is 1690. The van der Waals surface area contributed by atoms with Crippen molar-refractivity contribution in [1.29, 1.82) is 0 Å². The van der Waals surface area contributed by atoms with E-state index in [0.717, 1.165) is 5.39 Å². The first kappa shape index (κ1) is 26.5. The highest BCUT2D eigenvalue weighted by Crippen LogP contribution is 2.53. The zero-order valence-corrected chi connectivity index (χ0v) is 23.9. The molecule has 2 aromatic carbocycles. The number of pyridine rings is 1. The maximum absolute atomic E-state index is 15.3. The Morgan fingerprint density at radius 3 is 2.56 bits per heavy atom. The van der Waals surface area contributed by atoms with E-state index < -0.39 is 10.0 Å². The number of amides is 1. The van der Waals surface area contributed by atoms with E-state index in [4.69, 9.17) is 4.74 Å². The van der Waals surface area contributed by atoms with Gasteiger partial charge in [0.15, 0.2) is 0 Å². The van der Waals surface area contributed by atoms with Crippen molar-refractivity contribution in [3.63, 3.8) is 0 Å². The van der Waals surface area contributed by atoms with E-state index in [1.807, 2.05) is 34.5 Å². The molecule has 1 amide bonds. The summed E-state index contributed by atoms with van der Waals surface area (Å²) in [6.45, 7) is 3.54. The van der Waals surface area contributed by atoms with E-state index in [1.54, 1.807) is 45.7 Å². The van der Waals surface area contributed by atoms with Gasteiger partial charge in [0.05, 0.1) is 29.3 Å². The standard InChI is InChI=1S/C30H29FN4O4S2/c31-25-16-21(8-9-26(25)33-11-13-39-14-12-33)35(30(36)27-6-3-15-40-27)19-24-22-17-34(18-23(22)24)41(37,38)28-7-1-4-20-5-2-10-32-29(20)28/h1-10,15-16,22-24H,11-14,17-19H2. The lowest BCUT2D eigenvalue weighted by Crippen LogP contribution is -2.37. The minimum Gasteiger partial charge on any atom is -0.378 e. The number of rotatable bonds is 7. The molecule has 0 spiro atoms. The second-order valence-electron chi connectivity index (χ2n) is 10.8. The number of fused-ring (bicyclic) bond motifs is 2. The molecule has 3 aliphatic rings. The Hall–Kier alpha value is -3.38. The van der Waals surface area contributed by atoms with Gasteiger partial charge in [0.2, 0.25) is 10.0 Å². The van der Waals surface area contributed by atoms with E-state index in [-0.39, 0.29) is 34.4 Å². The summed E-state index contributed by atoms with van der Waals surface area (Å²) in [5.74, 6) is -0.120. The number of thiophene rings is 1. The first-order valence-electron chi connectivity index (χ1n) is 13.7.